The molecule has 2 aromatic heterocycles. The second-order valence-electron chi connectivity index (χ2n) is 7.34. The van der Waals surface area contributed by atoms with Crippen molar-refractivity contribution >= 4 is 17.4 Å². The minimum Gasteiger partial charge on any atom is -0.444 e. The van der Waals surface area contributed by atoms with E-state index in [-0.39, 0.29) is 0 Å². The molecule has 7 heteroatoms. The lowest BCUT2D eigenvalue weighted by molar-refractivity contribution is 0.466. The molecular weight excluding hydrogens is 408 g/mol. The summed E-state index contributed by atoms with van der Waals surface area (Å²) >= 11 is 1.45. The number of aryl methyl sites for hydroxylation is 2. The molecule has 0 atom stereocenters. The van der Waals surface area contributed by atoms with E-state index < -0.39 is 0 Å². The molecular formula is C24H26N4O2S. The molecule has 0 bridgehead atoms. The standard InChI is InChI=1S/C24H26N4O2S/c1-5-28(6-2)20-10-8-18(9-11-20)22-26-27-24(30-22)31-15-19-14-29-23(25-19)21-12-7-16(3)13-17(21)4/h7-14H,5-6,15H2,1-4H3. The van der Waals surface area contributed by atoms with E-state index in [1.54, 1.807) is 6.26 Å². The monoisotopic (exact) mass is 434 g/mol. The Morgan fingerprint density at radius 3 is 2.42 bits per heavy atom. The molecule has 4 aromatic rings. The van der Waals surface area contributed by atoms with Crippen LogP contribution in [0.2, 0.25) is 0 Å². The van der Waals surface area contributed by atoms with E-state index in [9.17, 15) is 0 Å². The van der Waals surface area contributed by atoms with Crippen molar-refractivity contribution in [1.29, 1.82) is 0 Å². The molecule has 4 rings (SSSR count). The first-order chi connectivity index (χ1) is 15.1. The van der Waals surface area contributed by atoms with Crippen LogP contribution >= 0.6 is 11.8 Å². The highest BCUT2D eigenvalue weighted by molar-refractivity contribution is 7.98. The van der Waals surface area contributed by atoms with E-state index in [2.05, 4.69) is 72.0 Å². The molecule has 0 radical (unpaired) electrons. The van der Waals surface area contributed by atoms with Crippen molar-refractivity contribution in [3.05, 3.63) is 65.5 Å². The first-order valence-corrected chi connectivity index (χ1v) is 11.4. The number of hydrogen-bond acceptors (Lipinski definition) is 7. The first-order valence-electron chi connectivity index (χ1n) is 10.4. The Morgan fingerprint density at radius 2 is 1.71 bits per heavy atom. The minimum absolute atomic E-state index is 0.513. The van der Waals surface area contributed by atoms with Crippen molar-refractivity contribution in [1.82, 2.24) is 15.2 Å². The number of thioether (sulfide) groups is 1. The summed E-state index contributed by atoms with van der Waals surface area (Å²) in [4.78, 5) is 6.91. The second-order valence-corrected chi connectivity index (χ2v) is 8.27. The summed E-state index contributed by atoms with van der Waals surface area (Å²) in [5.74, 6) is 1.74. The fourth-order valence-corrected chi connectivity index (χ4v) is 4.11. The van der Waals surface area contributed by atoms with Gasteiger partial charge in [0.05, 0.1) is 5.69 Å². The van der Waals surface area contributed by atoms with Crippen LogP contribution in [-0.4, -0.2) is 28.3 Å². The molecule has 160 valence electrons. The van der Waals surface area contributed by atoms with Crippen molar-refractivity contribution in [2.24, 2.45) is 0 Å². The molecule has 0 fully saturated rings. The van der Waals surface area contributed by atoms with E-state index in [0.29, 0.717) is 22.8 Å². The predicted molar refractivity (Wildman–Crippen MR) is 124 cm³/mol. The molecule has 2 heterocycles. The number of nitrogens with zero attached hydrogens (tertiary/aromatic N) is 4. The molecule has 0 amide bonds. The van der Waals surface area contributed by atoms with Gasteiger partial charge in [0.2, 0.25) is 11.8 Å². The van der Waals surface area contributed by atoms with E-state index >= 15 is 0 Å². The summed E-state index contributed by atoms with van der Waals surface area (Å²) in [6.07, 6.45) is 1.69. The molecule has 0 unspecified atom stereocenters. The molecule has 31 heavy (non-hydrogen) atoms. The van der Waals surface area contributed by atoms with Gasteiger partial charge in [-0.2, -0.15) is 0 Å². The second kappa shape index (κ2) is 9.39. The van der Waals surface area contributed by atoms with Crippen LogP contribution in [0.1, 0.15) is 30.7 Å². The molecule has 0 N–H and O–H groups in total. The van der Waals surface area contributed by atoms with E-state index in [0.717, 1.165) is 35.5 Å². The zero-order valence-corrected chi connectivity index (χ0v) is 19.1. The van der Waals surface area contributed by atoms with Gasteiger partial charge in [0.25, 0.3) is 5.22 Å². The zero-order valence-electron chi connectivity index (χ0n) is 18.3. The highest BCUT2D eigenvalue weighted by Gasteiger charge is 2.13. The van der Waals surface area contributed by atoms with Gasteiger partial charge < -0.3 is 13.7 Å². The Kier molecular flexibility index (Phi) is 6.42. The van der Waals surface area contributed by atoms with E-state index in [1.807, 2.05) is 18.2 Å². The Hall–Kier alpha value is -3.06. The fraction of sp³-hybridized carbons (Fsp3) is 0.292. The van der Waals surface area contributed by atoms with Gasteiger partial charge in [-0.1, -0.05) is 29.5 Å². The number of anilines is 1. The maximum atomic E-state index is 5.84. The van der Waals surface area contributed by atoms with Crippen LogP contribution < -0.4 is 4.90 Å². The SMILES string of the molecule is CCN(CC)c1ccc(-c2nnc(SCc3coc(-c4ccc(C)cc4C)n3)o2)cc1. The summed E-state index contributed by atoms with van der Waals surface area (Å²) in [6.45, 7) is 10.4. The molecule has 0 spiro atoms. The lowest BCUT2D eigenvalue weighted by atomic mass is 10.1. The van der Waals surface area contributed by atoms with Crippen LogP contribution in [0.25, 0.3) is 22.9 Å². The van der Waals surface area contributed by atoms with E-state index in [4.69, 9.17) is 8.83 Å². The van der Waals surface area contributed by atoms with Gasteiger partial charge in [0.1, 0.15) is 6.26 Å². The Balaban J connectivity index is 1.40. The average Bonchev–Trinajstić information content (AvgIpc) is 3.43. The average molecular weight is 435 g/mol. The highest BCUT2D eigenvalue weighted by atomic mass is 32.2. The number of benzene rings is 2. The van der Waals surface area contributed by atoms with E-state index in [1.165, 1.54) is 23.0 Å². The smallest absolute Gasteiger partial charge is 0.277 e. The van der Waals surface area contributed by atoms with Crippen LogP contribution in [0.4, 0.5) is 5.69 Å². The predicted octanol–water partition coefficient (Wildman–Crippen LogP) is 6.15. The third-order valence-corrected chi connectivity index (χ3v) is 6.01. The van der Waals surface area contributed by atoms with Crippen LogP contribution in [0.3, 0.4) is 0 Å². The quantitative estimate of drug-likeness (QED) is 0.308. The Labute approximate surface area is 186 Å². The number of rotatable bonds is 8. The van der Waals surface area contributed by atoms with Gasteiger partial charge in [-0.05, 0) is 63.6 Å². The van der Waals surface area contributed by atoms with Crippen molar-refractivity contribution in [3.63, 3.8) is 0 Å². The summed E-state index contributed by atoms with van der Waals surface area (Å²) < 4.78 is 11.5. The Bertz CT molecular complexity index is 1150. The summed E-state index contributed by atoms with van der Waals surface area (Å²) in [5, 5.41) is 8.87. The van der Waals surface area contributed by atoms with Crippen LogP contribution in [-0.2, 0) is 5.75 Å². The van der Waals surface area contributed by atoms with Gasteiger partial charge >= 0.3 is 0 Å². The third kappa shape index (κ3) is 4.82. The van der Waals surface area contributed by atoms with Crippen LogP contribution in [0, 0.1) is 13.8 Å². The number of oxazole rings is 1. The van der Waals surface area contributed by atoms with Crippen molar-refractivity contribution in [2.75, 3.05) is 18.0 Å². The number of hydrogen-bond donors (Lipinski definition) is 0. The molecule has 0 saturated heterocycles. The van der Waals surface area contributed by atoms with Gasteiger partial charge in [-0.15, -0.1) is 10.2 Å². The summed E-state index contributed by atoms with van der Waals surface area (Å²) in [6, 6.07) is 14.4. The molecule has 6 nitrogen and oxygen atoms in total. The molecule has 0 aliphatic heterocycles. The van der Waals surface area contributed by atoms with Crippen LogP contribution in [0.5, 0.6) is 0 Å². The zero-order chi connectivity index (χ0) is 21.8. The largest absolute Gasteiger partial charge is 0.444 e. The molecule has 2 aromatic carbocycles. The summed E-state index contributed by atoms with van der Waals surface area (Å²) in [5.41, 5.74) is 6.31. The molecule has 0 aliphatic carbocycles. The number of aromatic nitrogens is 3. The lowest BCUT2D eigenvalue weighted by Gasteiger charge is -2.20. The van der Waals surface area contributed by atoms with Crippen molar-refractivity contribution in [2.45, 2.75) is 38.7 Å². The Morgan fingerprint density at radius 1 is 0.935 bits per heavy atom. The highest BCUT2D eigenvalue weighted by Crippen LogP contribution is 2.29. The summed E-state index contributed by atoms with van der Waals surface area (Å²) in [7, 11) is 0. The van der Waals surface area contributed by atoms with Gasteiger partial charge in [0, 0.05) is 35.7 Å². The first kappa shape index (κ1) is 21.2. The minimum atomic E-state index is 0.513. The topological polar surface area (TPSA) is 68.2 Å². The maximum absolute atomic E-state index is 5.84. The molecule has 0 saturated carbocycles. The van der Waals surface area contributed by atoms with Crippen molar-refractivity contribution < 1.29 is 8.83 Å². The van der Waals surface area contributed by atoms with Gasteiger partial charge in [-0.25, -0.2) is 4.98 Å². The normalized spacial score (nSPS) is 11.1. The van der Waals surface area contributed by atoms with Gasteiger partial charge in [-0.3, -0.25) is 0 Å². The fourth-order valence-electron chi connectivity index (χ4n) is 3.47. The van der Waals surface area contributed by atoms with Gasteiger partial charge in [0.15, 0.2) is 0 Å². The lowest BCUT2D eigenvalue weighted by Crippen LogP contribution is -2.21. The third-order valence-electron chi connectivity index (χ3n) is 5.16. The van der Waals surface area contributed by atoms with Crippen molar-refractivity contribution in [3.8, 4) is 22.9 Å². The van der Waals surface area contributed by atoms with Crippen LogP contribution in [0.15, 0.2) is 62.8 Å². The molecule has 0 aliphatic rings. The maximum Gasteiger partial charge on any atom is 0.277 e.